The van der Waals surface area contributed by atoms with Crippen molar-refractivity contribution in [2.45, 2.75) is 19.0 Å². The summed E-state index contributed by atoms with van der Waals surface area (Å²) in [4.78, 5) is 29.3. The number of benzene rings is 2. The molecule has 5 nitrogen and oxygen atoms in total. The minimum Gasteiger partial charge on any atom is -0.480 e. The van der Waals surface area contributed by atoms with Crippen molar-refractivity contribution >= 4 is 22.8 Å². The van der Waals surface area contributed by atoms with Crippen LogP contribution in [0.15, 0.2) is 54.7 Å². The Bertz CT molecular complexity index is 944. The molecule has 1 atom stereocenters. The molecule has 2 aromatic carbocycles. The average Bonchev–Trinajstić information content (AvgIpc) is 3.08. The van der Waals surface area contributed by atoms with E-state index in [-0.39, 0.29) is 5.91 Å². The minimum atomic E-state index is -0.975. The third kappa shape index (κ3) is 2.25. The molecule has 1 amide bonds. The number of nitrogens with zero attached hydrogens (tertiary/aromatic N) is 1. The first-order valence-corrected chi connectivity index (χ1v) is 7.82. The Kier molecular flexibility index (Phi) is 3.34. The lowest BCUT2D eigenvalue weighted by atomic mass is 9.93. The molecule has 1 aromatic heterocycles. The number of carboxylic acid groups (broad SMARTS) is 1. The number of nitrogens with one attached hydrogen (secondary N) is 1. The van der Waals surface area contributed by atoms with Gasteiger partial charge in [-0.05, 0) is 23.3 Å². The molecule has 2 heterocycles. The first-order valence-electron chi connectivity index (χ1n) is 7.82. The first kappa shape index (κ1) is 14.5. The van der Waals surface area contributed by atoms with Crippen LogP contribution in [-0.2, 0) is 17.8 Å². The molecule has 3 aromatic rings. The molecular formula is C19H16N2O3. The number of amides is 1. The van der Waals surface area contributed by atoms with Crippen LogP contribution in [0.3, 0.4) is 0 Å². The molecule has 24 heavy (non-hydrogen) atoms. The zero-order valence-electron chi connectivity index (χ0n) is 12.9. The smallest absolute Gasteiger partial charge is 0.326 e. The molecule has 120 valence electrons. The fourth-order valence-electron chi connectivity index (χ4n) is 3.37. The van der Waals surface area contributed by atoms with Crippen LogP contribution in [-0.4, -0.2) is 32.9 Å². The van der Waals surface area contributed by atoms with Crippen LogP contribution >= 0.6 is 0 Å². The predicted octanol–water partition coefficient (Wildman–Crippen LogP) is 2.82. The fourth-order valence-corrected chi connectivity index (χ4v) is 3.37. The predicted molar refractivity (Wildman–Crippen MR) is 89.7 cm³/mol. The summed E-state index contributed by atoms with van der Waals surface area (Å²) in [7, 11) is 0. The second-order valence-electron chi connectivity index (χ2n) is 6.01. The minimum absolute atomic E-state index is 0.259. The van der Waals surface area contributed by atoms with Gasteiger partial charge in [-0.1, -0.05) is 36.4 Å². The van der Waals surface area contributed by atoms with Crippen LogP contribution < -0.4 is 0 Å². The van der Waals surface area contributed by atoms with Crippen molar-refractivity contribution in [2.75, 3.05) is 0 Å². The van der Waals surface area contributed by atoms with Gasteiger partial charge in [0.2, 0.25) is 0 Å². The van der Waals surface area contributed by atoms with Crippen molar-refractivity contribution < 1.29 is 14.7 Å². The Labute approximate surface area is 138 Å². The van der Waals surface area contributed by atoms with E-state index in [1.165, 1.54) is 4.90 Å². The molecule has 0 saturated heterocycles. The van der Waals surface area contributed by atoms with Gasteiger partial charge in [-0.2, -0.15) is 0 Å². The second-order valence-corrected chi connectivity index (χ2v) is 6.01. The lowest BCUT2D eigenvalue weighted by Gasteiger charge is -2.34. The number of hydrogen-bond donors (Lipinski definition) is 2. The van der Waals surface area contributed by atoms with Crippen molar-refractivity contribution in [3.05, 3.63) is 71.4 Å². The van der Waals surface area contributed by atoms with Crippen LogP contribution in [0.5, 0.6) is 0 Å². The van der Waals surface area contributed by atoms with Gasteiger partial charge in [-0.3, -0.25) is 4.79 Å². The number of para-hydroxylation sites is 1. The molecule has 4 rings (SSSR count). The number of aliphatic carboxylic acids is 1. The number of rotatable bonds is 2. The van der Waals surface area contributed by atoms with Gasteiger partial charge >= 0.3 is 5.97 Å². The third-order valence-corrected chi connectivity index (χ3v) is 4.61. The Morgan fingerprint density at radius 3 is 2.62 bits per heavy atom. The van der Waals surface area contributed by atoms with Crippen LogP contribution in [0.4, 0.5) is 0 Å². The lowest BCUT2D eigenvalue weighted by Crippen LogP contribution is -2.48. The maximum Gasteiger partial charge on any atom is 0.326 e. The largest absolute Gasteiger partial charge is 0.480 e. The van der Waals surface area contributed by atoms with Crippen molar-refractivity contribution in [1.82, 2.24) is 9.88 Å². The molecule has 2 N–H and O–H groups in total. The Hall–Kier alpha value is -3.08. The number of aromatic nitrogens is 1. The lowest BCUT2D eigenvalue weighted by molar-refractivity contribution is -0.142. The number of aromatic amines is 1. The highest BCUT2D eigenvalue weighted by Crippen LogP contribution is 2.27. The Balaban J connectivity index is 1.77. The highest BCUT2D eigenvalue weighted by atomic mass is 16.4. The number of H-pyrrole nitrogens is 1. The molecule has 5 heteroatoms. The normalized spacial score (nSPS) is 16.8. The van der Waals surface area contributed by atoms with E-state index in [2.05, 4.69) is 4.98 Å². The summed E-state index contributed by atoms with van der Waals surface area (Å²) in [5, 5.41) is 10.5. The van der Waals surface area contributed by atoms with E-state index in [0.29, 0.717) is 18.5 Å². The molecule has 1 aliphatic rings. The zero-order chi connectivity index (χ0) is 16.7. The quantitative estimate of drug-likeness (QED) is 0.762. The highest BCUT2D eigenvalue weighted by molar-refractivity contribution is 6.06. The van der Waals surface area contributed by atoms with Crippen molar-refractivity contribution in [3.63, 3.8) is 0 Å². The molecule has 0 aliphatic carbocycles. The Morgan fingerprint density at radius 2 is 1.83 bits per heavy atom. The van der Waals surface area contributed by atoms with E-state index in [9.17, 15) is 14.7 Å². The molecule has 0 spiro atoms. The van der Waals surface area contributed by atoms with E-state index in [1.807, 2.05) is 42.5 Å². The van der Waals surface area contributed by atoms with Crippen molar-refractivity contribution in [1.29, 1.82) is 0 Å². The summed E-state index contributed by atoms with van der Waals surface area (Å²) in [6.07, 6.45) is 2.11. The molecular weight excluding hydrogens is 304 g/mol. The van der Waals surface area contributed by atoms with Crippen LogP contribution in [0, 0.1) is 0 Å². The van der Waals surface area contributed by atoms with Gasteiger partial charge in [0, 0.05) is 24.5 Å². The van der Waals surface area contributed by atoms with Crippen molar-refractivity contribution in [2.24, 2.45) is 0 Å². The van der Waals surface area contributed by atoms with Gasteiger partial charge in [0.25, 0.3) is 5.91 Å². The SMILES string of the molecule is O=C(O)C1Cc2ccccc2CN1C(=O)c1cccc2cc[nH]c12. The second kappa shape index (κ2) is 5.53. The van der Waals surface area contributed by atoms with Gasteiger partial charge in [0.15, 0.2) is 0 Å². The number of carboxylic acids is 1. The van der Waals surface area contributed by atoms with E-state index in [1.54, 1.807) is 12.3 Å². The van der Waals surface area contributed by atoms with E-state index in [0.717, 1.165) is 22.0 Å². The fraction of sp³-hybridized carbons (Fsp3) is 0.158. The molecule has 0 bridgehead atoms. The standard InChI is InChI=1S/C19H16N2O3/c22-18(15-7-3-6-12-8-9-20-17(12)15)21-11-14-5-2-1-4-13(14)10-16(21)19(23)24/h1-9,16,20H,10-11H2,(H,23,24). The summed E-state index contributed by atoms with van der Waals surface area (Å²) >= 11 is 0. The number of carbonyl (C=O) groups excluding carboxylic acids is 1. The summed E-state index contributed by atoms with van der Waals surface area (Å²) < 4.78 is 0. The number of hydrogen-bond acceptors (Lipinski definition) is 2. The van der Waals surface area contributed by atoms with Crippen LogP contribution in [0.1, 0.15) is 21.5 Å². The van der Waals surface area contributed by atoms with Gasteiger partial charge in [0.05, 0.1) is 11.1 Å². The summed E-state index contributed by atoms with van der Waals surface area (Å²) in [5.74, 6) is -1.23. The summed E-state index contributed by atoms with van der Waals surface area (Å²) in [6, 6.07) is 14.2. The average molecular weight is 320 g/mol. The number of carbonyl (C=O) groups is 2. The van der Waals surface area contributed by atoms with E-state index >= 15 is 0 Å². The van der Waals surface area contributed by atoms with Crippen LogP contribution in [0.2, 0.25) is 0 Å². The van der Waals surface area contributed by atoms with E-state index < -0.39 is 12.0 Å². The highest BCUT2D eigenvalue weighted by Gasteiger charge is 2.35. The number of fused-ring (bicyclic) bond motifs is 2. The first-order chi connectivity index (χ1) is 11.6. The Morgan fingerprint density at radius 1 is 1.04 bits per heavy atom. The van der Waals surface area contributed by atoms with Gasteiger partial charge in [0.1, 0.15) is 6.04 Å². The molecule has 0 radical (unpaired) electrons. The maximum atomic E-state index is 13.1. The molecule has 0 fully saturated rings. The van der Waals surface area contributed by atoms with Crippen LogP contribution in [0.25, 0.3) is 10.9 Å². The van der Waals surface area contributed by atoms with Gasteiger partial charge in [-0.25, -0.2) is 4.79 Å². The maximum absolute atomic E-state index is 13.1. The van der Waals surface area contributed by atoms with Crippen molar-refractivity contribution in [3.8, 4) is 0 Å². The summed E-state index contributed by atoms with van der Waals surface area (Å²) in [6.45, 7) is 0.309. The van der Waals surface area contributed by atoms with Gasteiger partial charge in [-0.15, -0.1) is 0 Å². The topological polar surface area (TPSA) is 73.4 Å². The van der Waals surface area contributed by atoms with E-state index in [4.69, 9.17) is 0 Å². The summed E-state index contributed by atoms with van der Waals surface area (Å²) in [5.41, 5.74) is 3.24. The third-order valence-electron chi connectivity index (χ3n) is 4.61. The van der Waals surface area contributed by atoms with Gasteiger partial charge < -0.3 is 15.0 Å². The molecule has 1 aliphatic heterocycles. The molecule has 1 unspecified atom stereocenters. The monoisotopic (exact) mass is 320 g/mol. The molecule has 0 saturated carbocycles. The zero-order valence-corrected chi connectivity index (χ0v) is 12.9.